The van der Waals surface area contributed by atoms with Crippen LogP contribution in [-0.4, -0.2) is 34.4 Å². The van der Waals surface area contributed by atoms with Gasteiger partial charge in [0.25, 0.3) is 0 Å². The van der Waals surface area contributed by atoms with E-state index in [-0.39, 0.29) is 12.5 Å². The smallest absolute Gasteiger partial charge is 0.303 e. The van der Waals surface area contributed by atoms with Crippen LogP contribution in [-0.2, 0) is 4.79 Å². The quantitative estimate of drug-likeness (QED) is 0.594. The van der Waals surface area contributed by atoms with Gasteiger partial charge in [-0.05, 0) is 32.6 Å². The van der Waals surface area contributed by atoms with Crippen LogP contribution in [0.1, 0.15) is 47.0 Å². The van der Waals surface area contributed by atoms with E-state index in [0.29, 0.717) is 18.9 Å². The lowest BCUT2D eigenvalue weighted by Crippen LogP contribution is -2.42. The maximum Gasteiger partial charge on any atom is 0.303 e. The van der Waals surface area contributed by atoms with Crippen LogP contribution in [0, 0.1) is 5.92 Å². The molecule has 16 heavy (non-hydrogen) atoms. The minimum atomic E-state index is -0.775. The molecule has 0 aromatic carbocycles. The van der Waals surface area contributed by atoms with Gasteiger partial charge in [0.15, 0.2) is 0 Å². The molecule has 0 saturated carbocycles. The third-order valence-electron chi connectivity index (χ3n) is 2.47. The fraction of sp³-hybridized carbons (Fsp3) is 0.917. The van der Waals surface area contributed by atoms with E-state index < -0.39 is 11.6 Å². The first-order valence-electron chi connectivity index (χ1n) is 5.90. The van der Waals surface area contributed by atoms with E-state index in [9.17, 15) is 9.90 Å². The Morgan fingerprint density at radius 3 is 2.38 bits per heavy atom. The van der Waals surface area contributed by atoms with Crippen LogP contribution in [0.3, 0.4) is 0 Å². The number of carboxylic acid groups (broad SMARTS) is 1. The SMILES string of the molecule is CC(C)CC(C)(O)CNC(C)CCC(=O)O. The van der Waals surface area contributed by atoms with Gasteiger partial charge in [0.05, 0.1) is 5.60 Å². The van der Waals surface area contributed by atoms with E-state index >= 15 is 0 Å². The summed E-state index contributed by atoms with van der Waals surface area (Å²) in [5.41, 5.74) is -0.717. The zero-order chi connectivity index (χ0) is 12.8. The molecule has 0 aliphatic rings. The van der Waals surface area contributed by atoms with E-state index in [4.69, 9.17) is 5.11 Å². The van der Waals surface area contributed by atoms with Crippen LogP contribution in [0.5, 0.6) is 0 Å². The number of nitrogens with one attached hydrogen (secondary N) is 1. The molecule has 0 aromatic rings. The van der Waals surface area contributed by atoms with Crippen molar-refractivity contribution in [3.05, 3.63) is 0 Å². The van der Waals surface area contributed by atoms with E-state index in [2.05, 4.69) is 19.2 Å². The van der Waals surface area contributed by atoms with Gasteiger partial charge >= 0.3 is 5.97 Å². The van der Waals surface area contributed by atoms with Gasteiger partial charge in [-0.1, -0.05) is 13.8 Å². The van der Waals surface area contributed by atoms with Crippen LogP contribution in [0.4, 0.5) is 0 Å². The van der Waals surface area contributed by atoms with Gasteiger partial charge in [-0.15, -0.1) is 0 Å². The van der Waals surface area contributed by atoms with Crippen LogP contribution in [0.2, 0.25) is 0 Å². The molecule has 4 nitrogen and oxygen atoms in total. The van der Waals surface area contributed by atoms with Crippen molar-refractivity contribution < 1.29 is 15.0 Å². The van der Waals surface area contributed by atoms with Crippen molar-refractivity contribution in [2.75, 3.05) is 6.54 Å². The standard InChI is InChI=1S/C12H25NO3/c1-9(2)7-12(4,16)8-13-10(3)5-6-11(14)15/h9-10,13,16H,5-8H2,1-4H3,(H,14,15). The molecule has 0 radical (unpaired) electrons. The molecular formula is C12H25NO3. The van der Waals surface area contributed by atoms with E-state index in [1.807, 2.05) is 13.8 Å². The largest absolute Gasteiger partial charge is 0.481 e. The Hall–Kier alpha value is -0.610. The predicted molar refractivity (Wildman–Crippen MR) is 64.4 cm³/mol. The molecule has 4 heteroatoms. The highest BCUT2D eigenvalue weighted by atomic mass is 16.4. The number of aliphatic carboxylic acids is 1. The fourth-order valence-electron chi connectivity index (χ4n) is 1.79. The monoisotopic (exact) mass is 231 g/mol. The van der Waals surface area contributed by atoms with Crippen LogP contribution < -0.4 is 5.32 Å². The summed E-state index contributed by atoms with van der Waals surface area (Å²) in [7, 11) is 0. The third kappa shape index (κ3) is 8.68. The molecule has 96 valence electrons. The second-order valence-corrected chi connectivity index (χ2v) is 5.31. The lowest BCUT2D eigenvalue weighted by Gasteiger charge is -2.27. The average molecular weight is 231 g/mol. The van der Waals surface area contributed by atoms with Gasteiger partial charge in [-0.2, -0.15) is 0 Å². The molecule has 0 saturated heterocycles. The topological polar surface area (TPSA) is 69.6 Å². The Balaban J connectivity index is 3.80. The maximum absolute atomic E-state index is 10.4. The van der Waals surface area contributed by atoms with Crippen molar-refractivity contribution in [3.8, 4) is 0 Å². The molecule has 0 bridgehead atoms. The van der Waals surface area contributed by atoms with Gasteiger partial charge in [0.2, 0.25) is 0 Å². The van der Waals surface area contributed by atoms with Crippen LogP contribution >= 0.6 is 0 Å². The summed E-state index contributed by atoms with van der Waals surface area (Å²) in [6.45, 7) is 8.40. The van der Waals surface area contributed by atoms with Gasteiger partial charge in [-0.3, -0.25) is 4.79 Å². The number of aliphatic hydroxyl groups is 1. The average Bonchev–Trinajstić information content (AvgIpc) is 2.09. The Bertz CT molecular complexity index is 214. The summed E-state index contributed by atoms with van der Waals surface area (Å²) < 4.78 is 0. The van der Waals surface area contributed by atoms with Crippen molar-refractivity contribution in [2.24, 2.45) is 5.92 Å². The molecule has 0 rings (SSSR count). The lowest BCUT2D eigenvalue weighted by molar-refractivity contribution is -0.137. The minimum Gasteiger partial charge on any atom is -0.481 e. The second-order valence-electron chi connectivity index (χ2n) is 5.31. The molecule has 0 fully saturated rings. The normalized spacial score (nSPS) is 17.1. The Morgan fingerprint density at radius 2 is 1.94 bits per heavy atom. The first-order valence-corrected chi connectivity index (χ1v) is 5.90. The summed E-state index contributed by atoms with van der Waals surface area (Å²) in [5, 5.41) is 21.7. The lowest BCUT2D eigenvalue weighted by atomic mass is 9.94. The summed E-state index contributed by atoms with van der Waals surface area (Å²) in [5.74, 6) is -0.325. The molecular weight excluding hydrogens is 206 g/mol. The molecule has 0 aromatic heterocycles. The molecule has 0 spiro atoms. The van der Waals surface area contributed by atoms with Crippen molar-refractivity contribution in [1.29, 1.82) is 0 Å². The number of rotatable bonds is 8. The molecule has 0 aliphatic carbocycles. The minimum absolute atomic E-state index is 0.120. The Labute approximate surface area is 98.1 Å². The molecule has 2 atom stereocenters. The zero-order valence-electron chi connectivity index (χ0n) is 10.8. The van der Waals surface area contributed by atoms with Crippen molar-refractivity contribution >= 4 is 5.97 Å². The summed E-state index contributed by atoms with van der Waals surface area (Å²) in [4.78, 5) is 10.4. The number of hydrogen-bond acceptors (Lipinski definition) is 3. The molecule has 2 unspecified atom stereocenters. The number of carboxylic acids is 1. The summed E-state index contributed by atoms with van der Waals surface area (Å²) >= 11 is 0. The van der Waals surface area contributed by atoms with E-state index in [1.165, 1.54) is 0 Å². The van der Waals surface area contributed by atoms with Crippen molar-refractivity contribution in [2.45, 2.75) is 58.6 Å². The molecule has 0 amide bonds. The van der Waals surface area contributed by atoms with Gasteiger partial charge < -0.3 is 15.5 Å². The second kappa shape index (κ2) is 6.86. The summed E-state index contributed by atoms with van der Waals surface area (Å²) in [6, 6.07) is 0.120. The van der Waals surface area contributed by atoms with Gasteiger partial charge in [0.1, 0.15) is 0 Å². The molecule has 3 N–H and O–H groups in total. The van der Waals surface area contributed by atoms with Crippen molar-refractivity contribution in [1.82, 2.24) is 5.32 Å². The fourth-order valence-corrected chi connectivity index (χ4v) is 1.79. The molecule has 0 aliphatic heterocycles. The Kier molecular flexibility index (Phi) is 6.60. The highest BCUT2D eigenvalue weighted by Crippen LogP contribution is 2.15. The predicted octanol–water partition coefficient (Wildman–Crippen LogP) is 1.63. The number of hydrogen-bond donors (Lipinski definition) is 3. The first-order chi connectivity index (χ1) is 7.23. The van der Waals surface area contributed by atoms with Crippen molar-refractivity contribution in [3.63, 3.8) is 0 Å². The summed E-state index contributed by atoms with van der Waals surface area (Å²) in [6.07, 6.45) is 1.50. The molecule has 0 heterocycles. The van der Waals surface area contributed by atoms with Gasteiger partial charge in [0, 0.05) is 19.0 Å². The first kappa shape index (κ1) is 15.4. The maximum atomic E-state index is 10.4. The highest BCUT2D eigenvalue weighted by Gasteiger charge is 2.22. The highest BCUT2D eigenvalue weighted by molar-refractivity contribution is 5.66. The van der Waals surface area contributed by atoms with Gasteiger partial charge in [-0.25, -0.2) is 0 Å². The van der Waals surface area contributed by atoms with E-state index in [1.54, 1.807) is 0 Å². The van der Waals surface area contributed by atoms with Crippen LogP contribution in [0.15, 0.2) is 0 Å². The van der Waals surface area contributed by atoms with Crippen LogP contribution in [0.25, 0.3) is 0 Å². The number of carbonyl (C=O) groups is 1. The Morgan fingerprint density at radius 1 is 1.38 bits per heavy atom. The zero-order valence-corrected chi connectivity index (χ0v) is 10.8. The third-order valence-corrected chi connectivity index (χ3v) is 2.47. The van der Waals surface area contributed by atoms with E-state index in [0.717, 1.165) is 6.42 Å².